The van der Waals surface area contributed by atoms with Gasteiger partial charge in [-0.1, -0.05) is 36.3 Å². The lowest BCUT2D eigenvalue weighted by Crippen LogP contribution is -2.12. The Bertz CT molecular complexity index is 365. The first-order chi connectivity index (χ1) is 8.17. The third-order valence-electron chi connectivity index (χ3n) is 2.43. The van der Waals surface area contributed by atoms with Crippen LogP contribution in [0.5, 0.6) is 0 Å². The number of aliphatic hydroxyl groups excluding tert-OH is 1. The first-order valence-corrected chi connectivity index (χ1v) is 6.51. The van der Waals surface area contributed by atoms with E-state index in [1.54, 1.807) is 11.8 Å². The number of thioether (sulfide) groups is 1. The summed E-state index contributed by atoms with van der Waals surface area (Å²) in [6.07, 6.45) is 0.812. The first kappa shape index (κ1) is 13.9. The number of nitrogens with zero attached hydrogens (tertiary/aromatic N) is 1. The fourth-order valence-electron chi connectivity index (χ4n) is 1.33. The zero-order valence-corrected chi connectivity index (χ0v) is 10.7. The number of amidine groups is 1. The van der Waals surface area contributed by atoms with Crippen molar-refractivity contribution in [3.8, 4) is 0 Å². The molecule has 0 aliphatic heterocycles. The summed E-state index contributed by atoms with van der Waals surface area (Å²) in [7, 11) is 0. The molecule has 4 N–H and O–H groups in total. The number of oxime groups is 1. The van der Waals surface area contributed by atoms with E-state index in [4.69, 9.17) is 16.0 Å². The fourth-order valence-corrected chi connectivity index (χ4v) is 2.27. The van der Waals surface area contributed by atoms with E-state index in [2.05, 4.69) is 12.1 Å². The number of nitrogens with two attached hydrogens (primary N) is 1. The molecule has 0 aromatic heterocycles. The zero-order valence-electron chi connectivity index (χ0n) is 9.84. The highest BCUT2D eigenvalue weighted by Crippen LogP contribution is 2.19. The molecule has 4 nitrogen and oxygen atoms in total. The van der Waals surface area contributed by atoms with Crippen molar-refractivity contribution in [1.29, 1.82) is 0 Å². The van der Waals surface area contributed by atoms with Gasteiger partial charge in [0.1, 0.15) is 0 Å². The minimum atomic E-state index is 0.123. The van der Waals surface area contributed by atoms with Gasteiger partial charge in [0.2, 0.25) is 0 Å². The molecule has 94 valence electrons. The third kappa shape index (κ3) is 4.66. The van der Waals surface area contributed by atoms with Crippen molar-refractivity contribution in [2.45, 2.75) is 24.3 Å². The quantitative estimate of drug-likeness (QED) is 0.313. The van der Waals surface area contributed by atoms with Crippen LogP contribution in [0.4, 0.5) is 0 Å². The van der Waals surface area contributed by atoms with Crippen molar-refractivity contribution in [3.63, 3.8) is 0 Å². The molecule has 17 heavy (non-hydrogen) atoms. The van der Waals surface area contributed by atoms with E-state index in [0.29, 0.717) is 10.8 Å². The molecule has 0 fully saturated rings. The van der Waals surface area contributed by atoms with E-state index in [1.807, 2.05) is 24.3 Å². The van der Waals surface area contributed by atoms with Crippen molar-refractivity contribution in [1.82, 2.24) is 0 Å². The summed E-state index contributed by atoms with van der Waals surface area (Å²) in [6, 6.07) is 7.60. The number of aliphatic hydroxyl groups is 1. The van der Waals surface area contributed by atoms with E-state index >= 15 is 0 Å². The highest BCUT2D eigenvalue weighted by molar-refractivity contribution is 7.99. The number of rotatable bonds is 6. The van der Waals surface area contributed by atoms with E-state index in [9.17, 15) is 0 Å². The maximum absolute atomic E-state index is 8.79. The highest BCUT2D eigenvalue weighted by atomic mass is 32.2. The van der Waals surface area contributed by atoms with Gasteiger partial charge in [0.15, 0.2) is 5.84 Å². The van der Waals surface area contributed by atoms with Crippen molar-refractivity contribution in [2.75, 3.05) is 6.61 Å². The normalized spacial score (nSPS) is 13.6. The van der Waals surface area contributed by atoms with Crippen molar-refractivity contribution in [2.24, 2.45) is 10.9 Å². The van der Waals surface area contributed by atoms with Crippen molar-refractivity contribution in [3.05, 3.63) is 35.4 Å². The summed E-state index contributed by atoms with van der Waals surface area (Å²) in [5.41, 5.74) is 7.37. The van der Waals surface area contributed by atoms with Gasteiger partial charge in [-0.2, -0.15) is 11.8 Å². The van der Waals surface area contributed by atoms with Crippen LogP contribution in [0.1, 0.15) is 24.5 Å². The Labute approximate surface area is 106 Å². The molecule has 0 radical (unpaired) electrons. The molecule has 1 atom stereocenters. The van der Waals surface area contributed by atoms with Gasteiger partial charge in [0, 0.05) is 23.2 Å². The van der Waals surface area contributed by atoms with Gasteiger partial charge >= 0.3 is 0 Å². The molecule has 0 saturated heterocycles. The van der Waals surface area contributed by atoms with Crippen LogP contribution in [-0.4, -0.2) is 28.0 Å². The Morgan fingerprint density at radius 2 is 2.06 bits per heavy atom. The van der Waals surface area contributed by atoms with Crippen LogP contribution in [0, 0.1) is 0 Å². The molecule has 1 aromatic carbocycles. The molecular weight excluding hydrogens is 236 g/mol. The molecule has 0 spiro atoms. The van der Waals surface area contributed by atoms with Crippen LogP contribution in [0.25, 0.3) is 0 Å². The fraction of sp³-hybridized carbons (Fsp3) is 0.417. The van der Waals surface area contributed by atoms with Crippen LogP contribution in [0.15, 0.2) is 29.4 Å². The molecule has 1 unspecified atom stereocenters. The molecule has 1 aromatic rings. The van der Waals surface area contributed by atoms with Crippen LogP contribution in [-0.2, 0) is 5.75 Å². The van der Waals surface area contributed by atoms with Gasteiger partial charge in [-0.15, -0.1) is 0 Å². The van der Waals surface area contributed by atoms with Crippen LogP contribution in [0.3, 0.4) is 0 Å². The van der Waals surface area contributed by atoms with Crippen LogP contribution in [0.2, 0.25) is 0 Å². The predicted octanol–water partition coefficient (Wildman–Crippen LogP) is 1.79. The standard InChI is InChI=1S/C12H18N2O2S/c1-9(6-7-15)17-8-10-2-4-11(5-3-10)12(13)14-16/h2-5,9,15-16H,6-8H2,1H3,(H2,13,14). The number of hydrogen-bond acceptors (Lipinski definition) is 4. The summed E-state index contributed by atoms with van der Waals surface area (Å²) in [5, 5.41) is 20.7. The van der Waals surface area contributed by atoms with Crippen LogP contribution < -0.4 is 5.73 Å². The molecule has 0 heterocycles. The predicted molar refractivity (Wildman–Crippen MR) is 71.4 cm³/mol. The Morgan fingerprint density at radius 1 is 1.41 bits per heavy atom. The van der Waals surface area contributed by atoms with Crippen LogP contribution >= 0.6 is 11.8 Å². The lowest BCUT2D eigenvalue weighted by atomic mass is 10.1. The summed E-state index contributed by atoms with van der Waals surface area (Å²) in [6.45, 7) is 2.34. The average Bonchev–Trinajstić information content (AvgIpc) is 2.36. The minimum absolute atomic E-state index is 0.123. The van der Waals surface area contributed by atoms with Gasteiger partial charge in [-0.25, -0.2) is 0 Å². The Kier molecular flexibility index (Phi) is 5.86. The second-order valence-electron chi connectivity index (χ2n) is 3.82. The molecule has 5 heteroatoms. The van der Waals surface area contributed by atoms with Gasteiger partial charge in [0.25, 0.3) is 0 Å². The van der Waals surface area contributed by atoms with E-state index in [1.165, 1.54) is 5.56 Å². The summed E-state index contributed by atoms with van der Waals surface area (Å²) in [5.74, 6) is 1.02. The Balaban J connectivity index is 2.51. The molecule has 0 bridgehead atoms. The summed E-state index contributed by atoms with van der Waals surface area (Å²) >= 11 is 1.80. The van der Waals surface area contributed by atoms with Gasteiger partial charge in [-0.05, 0) is 12.0 Å². The Morgan fingerprint density at radius 3 is 2.59 bits per heavy atom. The second kappa shape index (κ2) is 7.19. The molecule has 0 amide bonds. The molecule has 0 saturated carbocycles. The third-order valence-corrected chi connectivity index (χ3v) is 3.73. The van der Waals surface area contributed by atoms with Gasteiger partial charge in [-0.3, -0.25) is 0 Å². The SMILES string of the molecule is CC(CCO)SCc1ccc(C(N)=NO)cc1. The second-order valence-corrected chi connectivity index (χ2v) is 5.24. The average molecular weight is 254 g/mol. The zero-order chi connectivity index (χ0) is 12.7. The van der Waals surface area contributed by atoms with Crippen molar-refractivity contribution >= 4 is 17.6 Å². The number of benzene rings is 1. The molecule has 0 aliphatic carbocycles. The lowest BCUT2D eigenvalue weighted by molar-refractivity contribution is 0.289. The Hall–Kier alpha value is -1.20. The monoisotopic (exact) mass is 254 g/mol. The van der Waals surface area contributed by atoms with Crippen molar-refractivity contribution < 1.29 is 10.3 Å². The van der Waals surface area contributed by atoms with E-state index in [0.717, 1.165) is 12.2 Å². The molecule has 1 rings (SSSR count). The van der Waals surface area contributed by atoms with Gasteiger partial charge < -0.3 is 16.0 Å². The smallest absolute Gasteiger partial charge is 0.170 e. The summed E-state index contributed by atoms with van der Waals surface area (Å²) < 4.78 is 0. The van der Waals surface area contributed by atoms with E-state index < -0.39 is 0 Å². The maximum atomic E-state index is 8.79. The number of hydrogen-bond donors (Lipinski definition) is 3. The topological polar surface area (TPSA) is 78.8 Å². The highest BCUT2D eigenvalue weighted by Gasteiger charge is 2.03. The van der Waals surface area contributed by atoms with E-state index in [-0.39, 0.29) is 12.4 Å². The first-order valence-electron chi connectivity index (χ1n) is 5.46. The summed E-state index contributed by atoms with van der Waals surface area (Å²) in [4.78, 5) is 0. The minimum Gasteiger partial charge on any atom is -0.409 e. The lowest BCUT2D eigenvalue weighted by Gasteiger charge is -2.09. The van der Waals surface area contributed by atoms with Gasteiger partial charge in [0.05, 0.1) is 0 Å². The largest absolute Gasteiger partial charge is 0.409 e. The maximum Gasteiger partial charge on any atom is 0.170 e. The molecular formula is C12H18N2O2S. The molecule has 0 aliphatic rings.